The van der Waals surface area contributed by atoms with E-state index in [9.17, 15) is 4.79 Å². The Balaban J connectivity index is 1.77. The number of rotatable bonds is 9. The second-order valence-electron chi connectivity index (χ2n) is 6.05. The first-order valence-corrected chi connectivity index (χ1v) is 8.93. The van der Waals surface area contributed by atoms with Gasteiger partial charge in [-0.2, -0.15) is 0 Å². The van der Waals surface area contributed by atoms with E-state index in [4.69, 9.17) is 4.74 Å². The number of benzene rings is 2. The van der Waals surface area contributed by atoms with Gasteiger partial charge >= 0.3 is 0 Å². The molecule has 0 radical (unpaired) electrons. The molecule has 2 N–H and O–H groups in total. The largest absolute Gasteiger partial charge is 0.494 e. The number of ether oxygens (including phenoxy) is 1. The van der Waals surface area contributed by atoms with Crippen molar-refractivity contribution in [2.45, 2.75) is 39.8 Å². The van der Waals surface area contributed by atoms with E-state index in [1.54, 1.807) is 0 Å². The van der Waals surface area contributed by atoms with Gasteiger partial charge in [0.1, 0.15) is 5.75 Å². The Morgan fingerprint density at radius 3 is 2.52 bits per heavy atom. The summed E-state index contributed by atoms with van der Waals surface area (Å²) < 4.78 is 5.47. The zero-order valence-corrected chi connectivity index (χ0v) is 15.3. The molecule has 134 valence electrons. The van der Waals surface area contributed by atoms with Gasteiger partial charge in [-0.1, -0.05) is 43.3 Å². The van der Waals surface area contributed by atoms with Crippen molar-refractivity contribution in [1.82, 2.24) is 10.6 Å². The lowest BCUT2D eigenvalue weighted by Gasteiger charge is -2.15. The summed E-state index contributed by atoms with van der Waals surface area (Å²) >= 11 is 0. The van der Waals surface area contributed by atoms with Crippen molar-refractivity contribution in [3.05, 3.63) is 65.2 Å². The molecule has 25 heavy (non-hydrogen) atoms. The van der Waals surface area contributed by atoms with Crippen LogP contribution in [0.25, 0.3) is 0 Å². The van der Waals surface area contributed by atoms with Crippen LogP contribution in [0.4, 0.5) is 0 Å². The fourth-order valence-corrected chi connectivity index (χ4v) is 2.58. The van der Waals surface area contributed by atoms with Gasteiger partial charge in [0.15, 0.2) is 0 Å². The van der Waals surface area contributed by atoms with Crippen molar-refractivity contribution in [2.75, 3.05) is 13.2 Å². The number of nitrogens with one attached hydrogen (secondary N) is 2. The highest BCUT2D eigenvalue weighted by molar-refractivity contribution is 5.78. The molecule has 1 unspecified atom stereocenters. The van der Waals surface area contributed by atoms with E-state index >= 15 is 0 Å². The minimum absolute atomic E-state index is 0.0150. The Labute approximate surface area is 150 Å². The summed E-state index contributed by atoms with van der Waals surface area (Å²) in [6.45, 7) is 7.60. The Morgan fingerprint density at radius 1 is 1.08 bits per heavy atom. The Kier molecular flexibility index (Phi) is 7.48. The number of hydrogen-bond donors (Lipinski definition) is 2. The van der Waals surface area contributed by atoms with E-state index in [2.05, 4.69) is 48.7 Å². The first kappa shape index (κ1) is 19.0. The SMILES string of the molecule is CCOc1cccc(CNC(=O)CNC(C)c2ccc(CC)cc2)c1. The van der Waals surface area contributed by atoms with Gasteiger partial charge in [-0.15, -0.1) is 0 Å². The van der Waals surface area contributed by atoms with E-state index in [1.807, 2.05) is 31.2 Å². The van der Waals surface area contributed by atoms with Gasteiger partial charge in [-0.25, -0.2) is 0 Å². The van der Waals surface area contributed by atoms with Crippen molar-refractivity contribution in [2.24, 2.45) is 0 Å². The van der Waals surface area contributed by atoms with E-state index in [1.165, 1.54) is 11.1 Å². The van der Waals surface area contributed by atoms with Crippen LogP contribution in [0.3, 0.4) is 0 Å². The standard InChI is InChI=1S/C21H28N2O2/c1-4-17-9-11-19(12-10-17)16(3)22-15-21(24)23-14-18-7-6-8-20(13-18)25-5-2/h6-13,16,22H,4-5,14-15H2,1-3H3,(H,23,24). The molecular weight excluding hydrogens is 312 g/mol. The van der Waals surface area contributed by atoms with Gasteiger partial charge in [0.25, 0.3) is 0 Å². The van der Waals surface area contributed by atoms with Crippen LogP contribution in [-0.2, 0) is 17.8 Å². The number of carbonyl (C=O) groups excluding carboxylic acids is 1. The van der Waals surface area contributed by atoms with Crippen LogP contribution in [0.15, 0.2) is 48.5 Å². The van der Waals surface area contributed by atoms with Crippen molar-refractivity contribution in [1.29, 1.82) is 0 Å². The summed E-state index contributed by atoms with van der Waals surface area (Å²) in [6, 6.07) is 16.4. The topological polar surface area (TPSA) is 50.4 Å². The average molecular weight is 340 g/mol. The molecule has 0 bridgehead atoms. The molecule has 4 nitrogen and oxygen atoms in total. The maximum atomic E-state index is 12.1. The molecule has 0 aliphatic heterocycles. The van der Waals surface area contributed by atoms with Crippen LogP contribution >= 0.6 is 0 Å². The second-order valence-corrected chi connectivity index (χ2v) is 6.05. The molecule has 0 saturated carbocycles. The second kappa shape index (κ2) is 9.84. The summed E-state index contributed by atoms with van der Waals surface area (Å²) in [5.74, 6) is 0.815. The zero-order valence-electron chi connectivity index (χ0n) is 15.3. The monoisotopic (exact) mass is 340 g/mol. The Morgan fingerprint density at radius 2 is 1.84 bits per heavy atom. The third kappa shape index (κ3) is 6.24. The summed E-state index contributed by atoms with van der Waals surface area (Å²) in [7, 11) is 0. The van der Waals surface area contributed by atoms with Gasteiger partial charge in [0.05, 0.1) is 13.2 Å². The van der Waals surface area contributed by atoms with Gasteiger partial charge in [0, 0.05) is 12.6 Å². The molecule has 0 aliphatic rings. The number of amides is 1. The number of hydrogen-bond acceptors (Lipinski definition) is 3. The Bertz CT molecular complexity index is 668. The van der Waals surface area contributed by atoms with Crippen molar-refractivity contribution in [3.8, 4) is 5.75 Å². The van der Waals surface area contributed by atoms with E-state index < -0.39 is 0 Å². The maximum absolute atomic E-state index is 12.1. The first-order chi connectivity index (χ1) is 12.1. The lowest BCUT2D eigenvalue weighted by Crippen LogP contribution is -2.34. The van der Waals surface area contributed by atoms with E-state index in [0.717, 1.165) is 17.7 Å². The van der Waals surface area contributed by atoms with Crippen LogP contribution in [-0.4, -0.2) is 19.1 Å². The molecule has 0 spiro atoms. The molecule has 0 aliphatic carbocycles. The van der Waals surface area contributed by atoms with Crippen LogP contribution in [0.5, 0.6) is 5.75 Å². The van der Waals surface area contributed by atoms with Gasteiger partial charge in [0.2, 0.25) is 5.91 Å². The fourth-order valence-electron chi connectivity index (χ4n) is 2.58. The predicted molar refractivity (Wildman–Crippen MR) is 102 cm³/mol. The van der Waals surface area contributed by atoms with Crippen LogP contribution in [0.2, 0.25) is 0 Å². The minimum Gasteiger partial charge on any atom is -0.494 e. The molecule has 2 aromatic rings. The van der Waals surface area contributed by atoms with E-state index in [0.29, 0.717) is 19.7 Å². The molecule has 1 amide bonds. The van der Waals surface area contributed by atoms with Crippen LogP contribution in [0.1, 0.15) is 43.5 Å². The third-order valence-electron chi connectivity index (χ3n) is 4.16. The normalized spacial score (nSPS) is 11.8. The van der Waals surface area contributed by atoms with E-state index in [-0.39, 0.29) is 11.9 Å². The Hall–Kier alpha value is -2.33. The summed E-state index contributed by atoms with van der Waals surface area (Å²) in [6.07, 6.45) is 1.04. The van der Waals surface area contributed by atoms with Crippen molar-refractivity contribution < 1.29 is 9.53 Å². The fraction of sp³-hybridized carbons (Fsp3) is 0.381. The molecular formula is C21H28N2O2. The predicted octanol–water partition coefficient (Wildman–Crippen LogP) is 3.61. The first-order valence-electron chi connectivity index (χ1n) is 8.93. The highest BCUT2D eigenvalue weighted by atomic mass is 16.5. The highest BCUT2D eigenvalue weighted by Gasteiger charge is 2.08. The van der Waals surface area contributed by atoms with Gasteiger partial charge < -0.3 is 15.4 Å². The van der Waals surface area contributed by atoms with Crippen LogP contribution < -0.4 is 15.4 Å². The summed E-state index contributed by atoms with van der Waals surface area (Å²) in [5.41, 5.74) is 3.54. The zero-order chi connectivity index (χ0) is 18.1. The molecule has 1 atom stereocenters. The molecule has 2 aromatic carbocycles. The number of carbonyl (C=O) groups is 1. The number of aryl methyl sites for hydroxylation is 1. The molecule has 0 heterocycles. The summed E-state index contributed by atoms with van der Waals surface area (Å²) in [5, 5.41) is 6.20. The highest BCUT2D eigenvalue weighted by Crippen LogP contribution is 2.14. The third-order valence-corrected chi connectivity index (χ3v) is 4.16. The molecule has 0 saturated heterocycles. The maximum Gasteiger partial charge on any atom is 0.234 e. The average Bonchev–Trinajstić information content (AvgIpc) is 2.65. The van der Waals surface area contributed by atoms with Crippen molar-refractivity contribution in [3.63, 3.8) is 0 Å². The summed E-state index contributed by atoms with van der Waals surface area (Å²) in [4.78, 5) is 12.1. The lowest BCUT2D eigenvalue weighted by molar-refractivity contribution is -0.120. The van der Waals surface area contributed by atoms with Crippen molar-refractivity contribution >= 4 is 5.91 Å². The van der Waals surface area contributed by atoms with Gasteiger partial charge in [-0.3, -0.25) is 4.79 Å². The van der Waals surface area contributed by atoms with Crippen LogP contribution in [0, 0.1) is 0 Å². The quantitative estimate of drug-likeness (QED) is 0.733. The molecule has 0 fully saturated rings. The minimum atomic E-state index is -0.0150. The molecule has 2 rings (SSSR count). The smallest absolute Gasteiger partial charge is 0.234 e. The van der Waals surface area contributed by atoms with Gasteiger partial charge in [-0.05, 0) is 49.1 Å². The molecule has 4 heteroatoms. The molecule has 0 aromatic heterocycles. The lowest BCUT2D eigenvalue weighted by atomic mass is 10.1.